The number of nitrogens with one attached hydrogen (secondary N) is 1. The van der Waals surface area contributed by atoms with Crippen LogP contribution >= 0.6 is 27.5 Å². The van der Waals surface area contributed by atoms with Crippen molar-refractivity contribution in [3.05, 3.63) is 35.0 Å². The Labute approximate surface area is 90.2 Å². The van der Waals surface area contributed by atoms with Crippen LogP contribution in [-0.2, 0) is 0 Å². The number of halogens is 2. The van der Waals surface area contributed by atoms with Gasteiger partial charge in [-0.25, -0.2) is 0 Å². The molecule has 0 bridgehead atoms. The van der Waals surface area contributed by atoms with Gasteiger partial charge in [0.05, 0.1) is 0 Å². The monoisotopic (exact) mass is 257 g/mol. The molecule has 0 fully saturated rings. The van der Waals surface area contributed by atoms with Crippen LogP contribution < -0.4 is 0 Å². The first-order valence-electron chi connectivity index (χ1n) is 4.09. The Kier molecular flexibility index (Phi) is 2.35. The van der Waals surface area contributed by atoms with Gasteiger partial charge < -0.3 is 4.98 Å². The fourth-order valence-electron chi connectivity index (χ4n) is 1.45. The SMILES string of the molecule is CC(Br)c1c[nH]c2cc(Cl)ccc12. The third-order valence-electron chi connectivity index (χ3n) is 2.10. The molecule has 1 aromatic carbocycles. The van der Waals surface area contributed by atoms with E-state index in [2.05, 4.69) is 27.8 Å². The van der Waals surface area contributed by atoms with Crippen molar-refractivity contribution in [2.24, 2.45) is 0 Å². The van der Waals surface area contributed by atoms with Crippen molar-refractivity contribution in [3.8, 4) is 0 Å². The summed E-state index contributed by atoms with van der Waals surface area (Å²) < 4.78 is 0. The first kappa shape index (κ1) is 9.10. The summed E-state index contributed by atoms with van der Waals surface area (Å²) >= 11 is 9.42. The summed E-state index contributed by atoms with van der Waals surface area (Å²) in [5.74, 6) is 0. The van der Waals surface area contributed by atoms with Gasteiger partial charge in [-0.05, 0) is 24.6 Å². The molecule has 3 heteroatoms. The van der Waals surface area contributed by atoms with E-state index in [0.717, 1.165) is 10.5 Å². The van der Waals surface area contributed by atoms with E-state index in [0.29, 0.717) is 4.83 Å². The lowest BCUT2D eigenvalue weighted by molar-refractivity contribution is 1.14. The highest BCUT2D eigenvalue weighted by Gasteiger charge is 2.07. The van der Waals surface area contributed by atoms with Crippen molar-refractivity contribution in [1.29, 1.82) is 0 Å². The maximum Gasteiger partial charge on any atom is 0.0472 e. The van der Waals surface area contributed by atoms with Gasteiger partial charge in [-0.3, -0.25) is 0 Å². The van der Waals surface area contributed by atoms with Gasteiger partial charge in [-0.15, -0.1) is 0 Å². The van der Waals surface area contributed by atoms with E-state index in [-0.39, 0.29) is 0 Å². The Morgan fingerprint density at radius 3 is 2.92 bits per heavy atom. The van der Waals surface area contributed by atoms with Crippen molar-refractivity contribution in [3.63, 3.8) is 0 Å². The van der Waals surface area contributed by atoms with Crippen LogP contribution in [0.2, 0.25) is 5.02 Å². The standard InChI is InChI=1S/C10H9BrClN/c1-6(11)9-5-13-10-4-7(12)2-3-8(9)10/h2-6,13H,1H3. The molecule has 0 aliphatic rings. The molecule has 0 spiro atoms. The lowest BCUT2D eigenvalue weighted by atomic mass is 10.1. The minimum absolute atomic E-state index is 0.363. The maximum absolute atomic E-state index is 5.88. The fourth-order valence-corrected chi connectivity index (χ4v) is 2.00. The average molecular weight is 259 g/mol. The van der Waals surface area contributed by atoms with Gasteiger partial charge >= 0.3 is 0 Å². The van der Waals surface area contributed by atoms with E-state index in [1.807, 2.05) is 24.4 Å². The average Bonchev–Trinajstić information content (AvgIpc) is 2.46. The molecule has 1 aromatic heterocycles. The van der Waals surface area contributed by atoms with E-state index in [1.54, 1.807) is 0 Å². The minimum Gasteiger partial charge on any atom is -0.361 e. The first-order valence-corrected chi connectivity index (χ1v) is 5.38. The molecule has 1 N–H and O–H groups in total. The Hall–Kier alpha value is -0.470. The molecule has 1 atom stereocenters. The number of H-pyrrole nitrogens is 1. The van der Waals surface area contributed by atoms with Crippen molar-refractivity contribution in [1.82, 2.24) is 4.98 Å². The molecule has 2 aromatic rings. The van der Waals surface area contributed by atoms with Gasteiger partial charge in [-0.1, -0.05) is 33.6 Å². The van der Waals surface area contributed by atoms with Gasteiger partial charge in [0.15, 0.2) is 0 Å². The number of hydrogen-bond donors (Lipinski definition) is 1. The van der Waals surface area contributed by atoms with Crippen LogP contribution in [0.1, 0.15) is 17.3 Å². The second-order valence-corrected chi connectivity index (χ2v) is 4.86. The van der Waals surface area contributed by atoms with Crippen LogP contribution in [-0.4, -0.2) is 4.98 Å². The van der Waals surface area contributed by atoms with Crippen molar-refractivity contribution in [2.45, 2.75) is 11.8 Å². The van der Waals surface area contributed by atoms with E-state index in [4.69, 9.17) is 11.6 Å². The molecule has 0 saturated carbocycles. The van der Waals surface area contributed by atoms with Crippen LogP contribution in [0.4, 0.5) is 0 Å². The molecule has 1 unspecified atom stereocenters. The largest absolute Gasteiger partial charge is 0.361 e. The Morgan fingerprint density at radius 2 is 2.23 bits per heavy atom. The molecule has 2 rings (SSSR count). The van der Waals surface area contributed by atoms with E-state index in [9.17, 15) is 0 Å². The summed E-state index contributed by atoms with van der Waals surface area (Å²) in [6, 6.07) is 5.90. The quantitative estimate of drug-likeness (QED) is 0.735. The molecular weight excluding hydrogens is 249 g/mol. The van der Waals surface area contributed by atoms with Gasteiger partial charge in [0, 0.05) is 26.9 Å². The van der Waals surface area contributed by atoms with Crippen molar-refractivity contribution < 1.29 is 0 Å². The summed E-state index contributed by atoms with van der Waals surface area (Å²) in [5.41, 5.74) is 2.36. The van der Waals surface area contributed by atoms with Crippen LogP contribution in [0.3, 0.4) is 0 Å². The maximum atomic E-state index is 5.88. The third-order valence-corrected chi connectivity index (χ3v) is 2.83. The number of fused-ring (bicyclic) bond motifs is 1. The summed E-state index contributed by atoms with van der Waals surface area (Å²) in [5, 5.41) is 2.00. The topological polar surface area (TPSA) is 15.8 Å². The number of hydrogen-bond acceptors (Lipinski definition) is 0. The summed E-state index contributed by atoms with van der Waals surface area (Å²) in [7, 11) is 0. The summed E-state index contributed by atoms with van der Waals surface area (Å²) in [4.78, 5) is 3.56. The smallest absolute Gasteiger partial charge is 0.0472 e. The third kappa shape index (κ3) is 1.61. The Balaban J connectivity index is 2.69. The number of aromatic nitrogens is 1. The molecule has 0 aliphatic carbocycles. The molecule has 0 aliphatic heterocycles. The zero-order valence-electron chi connectivity index (χ0n) is 7.14. The van der Waals surface area contributed by atoms with Crippen molar-refractivity contribution in [2.75, 3.05) is 0 Å². The number of benzene rings is 1. The molecule has 1 nitrogen and oxygen atoms in total. The van der Waals surface area contributed by atoms with E-state index >= 15 is 0 Å². The highest BCUT2D eigenvalue weighted by molar-refractivity contribution is 9.09. The number of rotatable bonds is 1. The van der Waals surface area contributed by atoms with Crippen LogP contribution in [0, 0.1) is 0 Å². The van der Waals surface area contributed by atoms with Gasteiger partial charge in [0.25, 0.3) is 0 Å². The van der Waals surface area contributed by atoms with E-state index in [1.165, 1.54) is 10.9 Å². The number of aromatic amines is 1. The Morgan fingerprint density at radius 1 is 1.46 bits per heavy atom. The zero-order valence-corrected chi connectivity index (χ0v) is 9.48. The first-order chi connectivity index (χ1) is 6.18. The molecule has 13 heavy (non-hydrogen) atoms. The van der Waals surface area contributed by atoms with Gasteiger partial charge in [0.1, 0.15) is 0 Å². The predicted molar refractivity (Wildman–Crippen MR) is 60.7 cm³/mol. The fraction of sp³-hybridized carbons (Fsp3) is 0.200. The van der Waals surface area contributed by atoms with E-state index < -0.39 is 0 Å². The molecule has 0 amide bonds. The summed E-state index contributed by atoms with van der Waals surface area (Å²) in [6.07, 6.45) is 2.01. The van der Waals surface area contributed by atoms with Crippen LogP contribution in [0.5, 0.6) is 0 Å². The lowest BCUT2D eigenvalue weighted by Gasteiger charge is -1.99. The Bertz CT molecular complexity index is 433. The normalized spacial score (nSPS) is 13.5. The minimum atomic E-state index is 0.363. The highest BCUT2D eigenvalue weighted by atomic mass is 79.9. The second-order valence-electron chi connectivity index (χ2n) is 3.05. The van der Waals surface area contributed by atoms with Crippen molar-refractivity contribution >= 4 is 38.4 Å². The second kappa shape index (κ2) is 3.35. The van der Waals surface area contributed by atoms with Gasteiger partial charge in [0.2, 0.25) is 0 Å². The summed E-state index contributed by atoms with van der Waals surface area (Å²) in [6.45, 7) is 2.11. The number of alkyl halides is 1. The lowest BCUT2D eigenvalue weighted by Crippen LogP contribution is -1.78. The molecule has 68 valence electrons. The van der Waals surface area contributed by atoms with Crippen LogP contribution in [0.25, 0.3) is 10.9 Å². The zero-order chi connectivity index (χ0) is 9.42. The van der Waals surface area contributed by atoms with Crippen LogP contribution in [0.15, 0.2) is 24.4 Å². The highest BCUT2D eigenvalue weighted by Crippen LogP contribution is 2.30. The molecular formula is C10H9BrClN. The molecule has 0 radical (unpaired) electrons. The molecule has 0 saturated heterocycles. The van der Waals surface area contributed by atoms with Gasteiger partial charge in [-0.2, -0.15) is 0 Å². The molecule has 1 heterocycles. The predicted octanol–water partition coefficient (Wildman–Crippen LogP) is 4.28.